The minimum absolute atomic E-state index is 0.0559. The van der Waals surface area contributed by atoms with E-state index in [-0.39, 0.29) is 24.5 Å². The number of hydrogen-bond acceptors (Lipinski definition) is 3. The largest absolute Gasteiger partial charge is 0.480 e. The van der Waals surface area contributed by atoms with E-state index in [9.17, 15) is 9.59 Å². The molecule has 0 bridgehead atoms. The SMILES string of the molecule is Cc1ccc(C2OCCCC2C(=O)Nc2ccc3c(ccn3CC(=O)O)c2)cc1. The van der Waals surface area contributed by atoms with Crippen molar-refractivity contribution in [2.24, 2.45) is 5.92 Å². The topological polar surface area (TPSA) is 80.6 Å². The van der Waals surface area contributed by atoms with Crippen LogP contribution in [0.5, 0.6) is 0 Å². The fraction of sp³-hybridized carbons (Fsp3) is 0.304. The highest BCUT2D eigenvalue weighted by Gasteiger charge is 2.33. The van der Waals surface area contributed by atoms with E-state index in [1.807, 2.05) is 55.5 Å². The molecule has 150 valence electrons. The molecular weight excluding hydrogens is 368 g/mol. The van der Waals surface area contributed by atoms with E-state index in [4.69, 9.17) is 9.84 Å². The smallest absolute Gasteiger partial charge is 0.323 e. The first-order valence-corrected chi connectivity index (χ1v) is 9.81. The van der Waals surface area contributed by atoms with Crippen LogP contribution in [-0.2, 0) is 20.9 Å². The Morgan fingerprint density at radius 1 is 1.17 bits per heavy atom. The first-order valence-electron chi connectivity index (χ1n) is 9.81. The average molecular weight is 392 g/mol. The van der Waals surface area contributed by atoms with Gasteiger partial charge in [0.25, 0.3) is 0 Å². The molecule has 4 rings (SSSR count). The summed E-state index contributed by atoms with van der Waals surface area (Å²) in [6, 6.07) is 15.5. The van der Waals surface area contributed by atoms with Crippen LogP contribution in [0.3, 0.4) is 0 Å². The third kappa shape index (κ3) is 4.17. The Bertz CT molecular complexity index is 1040. The number of benzene rings is 2. The lowest BCUT2D eigenvalue weighted by Crippen LogP contribution is -2.33. The van der Waals surface area contributed by atoms with Crippen LogP contribution in [0.15, 0.2) is 54.7 Å². The van der Waals surface area contributed by atoms with E-state index in [1.165, 1.54) is 5.56 Å². The third-order valence-corrected chi connectivity index (χ3v) is 5.41. The number of hydrogen-bond donors (Lipinski definition) is 2. The number of aryl methyl sites for hydroxylation is 1. The Morgan fingerprint density at radius 2 is 1.97 bits per heavy atom. The van der Waals surface area contributed by atoms with E-state index in [0.29, 0.717) is 12.3 Å². The summed E-state index contributed by atoms with van der Waals surface area (Å²) < 4.78 is 7.64. The number of fused-ring (bicyclic) bond motifs is 1. The van der Waals surface area contributed by atoms with Crippen molar-refractivity contribution >= 4 is 28.5 Å². The van der Waals surface area contributed by atoms with Crippen LogP contribution in [0, 0.1) is 12.8 Å². The van der Waals surface area contributed by atoms with Crippen molar-refractivity contribution in [1.82, 2.24) is 4.57 Å². The zero-order valence-corrected chi connectivity index (χ0v) is 16.3. The molecule has 0 spiro atoms. The zero-order valence-electron chi connectivity index (χ0n) is 16.3. The Morgan fingerprint density at radius 3 is 2.72 bits per heavy atom. The first-order chi connectivity index (χ1) is 14.0. The summed E-state index contributed by atoms with van der Waals surface area (Å²) in [4.78, 5) is 24.0. The lowest BCUT2D eigenvalue weighted by atomic mass is 9.88. The number of carbonyl (C=O) groups excluding carboxylic acids is 1. The summed E-state index contributed by atoms with van der Waals surface area (Å²) in [6.07, 6.45) is 3.14. The van der Waals surface area contributed by atoms with Crippen LogP contribution in [0.4, 0.5) is 5.69 Å². The quantitative estimate of drug-likeness (QED) is 0.684. The van der Waals surface area contributed by atoms with Crippen LogP contribution in [-0.4, -0.2) is 28.2 Å². The number of carboxylic acid groups (broad SMARTS) is 1. The number of ether oxygens (including phenoxy) is 1. The highest BCUT2D eigenvalue weighted by atomic mass is 16.5. The number of amides is 1. The van der Waals surface area contributed by atoms with Crippen molar-refractivity contribution in [3.05, 3.63) is 65.9 Å². The van der Waals surface area contributed by atoms with Gasteiger partial charge in [0.1, 0.15) is 6.54 Å². The highest BCUT2D eigenvalue weighted by Crippen LogP contribution is 2.35. The standard InChI is InChI=1S/C23H24N2O4/c1-15-4-6-16(7-5-15)22-19(3-2-12-29-22)23(28)24-18-8-9-20-17(13-18)10-11-25(20)14-21(26)27/h4-11,13,19,22H,2-3,12,14H2,1H3,(H,24,28)(H,26,27). The van der Waals surface area contributed by atoms with Crippen LogP contribution >= 0.6 is 0 Å². The predicted molar refractivity (Wildman–Crippen MR) is 111 cm³/mol. The normalized spacial score (nSPS) is 19.2. The molecule has 1 aromatic heterocycles. The van der Waals surface area contributed by atoms with E-state index in [0.717, 1.165) is 29.3 Å². The second kappa shape index (κ2) is 8.09. The molecule has 6 nitrogen and oxygen atoms in total. The van der Waals surface area contributed by atoms with E-state index < -0.39 is 5.97 Å². The van der Waals surface area contributed by atoms with Crippen LogP contribution in [0.25, 0.3) is 10.9 Å². The Balaban J connectivity index is 1.52. The lowest BCUT2D eigenvalue weighted by Gasteiger charge is -2.31. The van der Waals surface area contributed by atoms with Crippen molar-refractivity contribution in [2.45, 2.75) is 32.4 Å². The molecule has 1 saturated heterocycles. The minimum atomic E-state index is -0.890. The van der Waals surface area contributed by atoms with Crippen molar-refractivity contribution in [3.63, 3.8) is 0 Å². The lowest BCUT2D eigenvalue weighted by molar-refractivity contribution is -0.137. The van der Waals surface area contributed by atoms with E-state index in [1.54, 1.807) is 10.8 Å². The van der Waals surface area contributed by atoms with Gasteiger partial charge in [0, 0.05) is 29.4 Å². The molecule has 2 heterocycles. The number of nitrogens with zero attached hydrogens (tertiary/aromatic N) is 1. The van der Waals surface area contributed by atoms with Gasteiger partial charge in [-0.15, -0.1) is 0 Å². The Kier molecular flexibility index (Phi) is 5.36. The monoisotopic (exact) mass is 392 g/mol. The maximum absolute atomic E-state index is 13.0. The summed E-state index contributed by atoms with van der Waals surface area (Å²) in [5.74, 6) is -1.20. The van der Waals surface area contributed by atoms with E-state index in [2.05, 4.69) is 5.32 Å². The molecule has 3 aromatic rings. The average Bonchev–Trinajstić information content (AvgIpc) is 3.10. The molecule has 1 amide bonds. The molecule has 29 heavy (non-hydrogen) atoms. The highest BCUT2D eigenvalue weighted by molar-refractivity contribution is 5.95. The number of anilines is 1. The van der Waals surface area contributed by atoms with E-state index >= 15 is 0 Å². The van der Waals surface area contributed by atoms with Crippen LogP contribution in [0.1, 0.15) is 30.1 Å². The van der Waals surface area contributed by atoms with Gasteiger partial charge in [0.05, 0.1) is 12.0 Å². The summed E-state index contributed by atoms with van der Waals surface area (Å²) in [7, 11) is 0. The molecule has 2 unspecified atom stereocenters. The van der Waals surface area contributed by atoms with Crippen molar-refractivity contribution in [2.75, 3.05) is 11.9 Å². The molecule has 6 heteroatoms. The summed E-state index contributed by atoms with van der Waals surface area (Å²) in [5, 5.41) is 12.9. The van der Waals surface area contributed by atoms with Gasteiger partial charge in [-0.3, -0.25) is 9.59 Å². The Hall–Kier alpha value is -3.12. The number of nitrogens with one attached hydrogen (secondary N) is 1. The van der Waals surface area contributed by atoms with Crippen LogP contribution < -0.4 is 5.32 Å². The zero-order chi connectivity index (χ0) is 20.4. The molecule has 2 aromatic carbocycles. The second-order valence-electron chi connectivity index (χ2n) is 7.55. The number of aliphatic carboxylic acids is 1. The molecule has 1 fully saturated rings. The molecule has 0 aliphatic carbocycles. The van der Waals surface area contributed by atoms with Gasteiger partial charge in [0.15, 0.2) is 0 Å². The Labute approximate surface area is 169 Å². The van der Waals surface area contributed by atoms with Crippen molar-refractivity contribution in [1.29, 1.82) is 0 Å². The molecule has 0 saturated carbocycles. The molecule has 2 atom stereocenters. The van der Waals surface area contributed by atoms with Gasteiger partial charge < -0.3 is 19.7 Å². The van der Waals surface area contributed by atoms with Crippen LogP contribution in [0.2, 0.25) is 0 Å². The van der Waals surface area contributed by atoms with Gasteiger partial charge in [-0.2, -0.15) is 0 Å². The molecule has 0 radical (unpaired) electrons. The van der Waals surface area contributed by atoms with Gasteiger partial charge in [-0.1, -0.05) is 29.8 Å². The van der Waals surface area contributed by atoms with Gasteiger partial charge >= 0.3 is 5.97 Å². The van der Waals surface area contributed by atoms with Crippen molar-refractivity contribution in [3.8, 4) is 0 Å². The fourth-order valence-corrected chi connectivity index (χ4v) is 3.93. The number of carbonyl (C=O) groups is 2. The molecule has 1 aliphatic rings. The second-order valence-corrected chi connectivity index (χ2v) is 7.55. The van der Waals surface area contributed by atoms with Gasteiger partial charge in [0.2, 0.25) is 5.91 Å². The van der Waals surface area contributed by atoms with Gasteiger partial charge in [-0.05, 0) is 49.6 Å². The predicted octanol–water partition coefficient (Wildman–Crippen LogP) is 4.14. The number of carboxylic acids is 1. The fourth-order valence-electron chi connectivity index (χ4n) is 3.93. The maximum atomic E-state index is 13.0. The number of rotatable bonds is 5. The summed E-state index contributed by atoms with van der Waals surface area (Å²) in [6.45, 7) is 2.60. The number of aromatic nitrogens is 1. The molecule has 2 N–H and O–H groups in total. The van der Waals surface area contributed by atoms with Crippen molar-refractivity contribution < 1.29 is 19.4 Å². The molecular formula is C23H24N2O4. The third-order valence-electron chi connectivity index (χ3n) is 5.41. The first kappa shape index (κ1) is 19.2. The summed E-state index contributed by atoms with van der Waals surface area (Å²) in [5.41, 5.74) is 3.72. The van der Waals surface area contributed by atoms with Gasteiger partial charge in [-0.25, -0.2) is 0 Å². The minimum Gasteiger partial charge on any atom is -0.480 e. The maximum Gasteiger partial charge on any atom is 0.323 e. The summed E-state index contributed by atoms with van der Waals surface area (Å²) >= 11 is 0. The molecule has 1 aliphatic heterocycles.